The molecule has 1 amide bonds. The normalized spacial score (nSPS) is 10.1. The zero-order valence-electron chi connectivity index (χ0n) is 11.2. The standard InChI is InChI=1S/C15H14N2O3/c1-9-3-4-13(12(7-9)15(19)20)17-14(18)11-5-6-16-10(2)8-11/h3-8H,1-2H3,(H,17,18)(H,19,20). The maximum absolute atomic E-state index is 12.1. The molecular weight excluding hydrogens is 256 g/mol. The average Bonchev–Trinajstić information content (AvgIpc) is 2.40. The second-order valence-electron chi connectivity index (χ2n) is 4.49. The topological polar surface area (TPSA) is 79.3 Å². The Bertz CT molecular complexity index is 681. The number of hydrogen-bond acceptors (Lipinski definition) is 3. The molecule has 0 aliphatic rings. The number of nitrogens with zero attached hydrogens (tertiary/aromatic N) is 1. The molecule has 0 unspecified atom stereocenters. The lowest BCUT2D eigenvalue weighted by molar-refractivity contribution is 0.0698. The summed E-state index contributed by atoms with van der Waals surface area (Å²) in [5, 5.41) is 11.8. The fourth-order valence-electron chi connectivity index (χ4n) is 1.83. The molecule has 0 radical (unpaired) electrons. The summed E-state index contributed by atoms with van der Waals surface area (Å²) in [6.45, 7) is 3.58. The van der Waals surface area contributed by atoms with Crippen LogP contribution in [-0.4, -0.2) is 22.0 Å². The molecule has 2 rings (SSSR count). The lowest BCUT2D eigenvalue weighted by atomic mass is 10.1. The van der Waals surface area contributed by atoms with Crippen molar-refractivity contribution in [3.8, 4) is 0 Å². The number of carboxylic acids is 1. The number of carboxylic acid groups (broad SMARTS) is 1. The number of carbonyl (C=O) groups excluding carboxylic acids is 1. The molecule has 0 bridgehead atoms. The van der Waals surface area contributed by atoms with Gasteiger partial charge in [0.25, 0.3) is 5.91 Å². The highest BCUT2D eigenvalue weighted by molar-refractivity contribution is 6.07. The van der Waals surface area contributed by atoms with Crippen LogP contribution in [0.4, 0.5) is 5.69 Å². The number of aryl methyl sites for hydroxylation is 2. The van der Waals surface area contributed by atoms with Gasteiger partial charge in [-0.3, -0.25) is 9.78 Å². The highest BCUT2D eigenvalue weighted by Gasteiger charge is 2.13. The Labute approximate surface area is 116 Å². The zero-order chi connectivity index (χ0) is 14.7. The van der Waals surface area contributed by atoms with Gasteiger partial charge in [-0.15, -0.1) is 0 Å². The number of carbonyl (C=O) groups is 2. The van der Waals surface area contributed by atoms with E-state index in [9.17, 15) is 9.59 Å². The van der Waals surface area contributed by atoms with Crippen molar-refractivity contribution < 1.29 is 14.7 Å². The predicted octanol–water partition coefficient (Wildman–Crippen LogP) is 2.65. The first-order valence-corrected chi connectivity index (χ1v) is 6.05. The molecule has 1 aromatic heterocycles. The van der Waals surface area contributed by atoms with Crippen LogP contribution in [0.25, 0.3) is 0 Å². The lowest BCUT2D eigenvalue weighted by Crippen LogP contribution is -2.15. The molecule has 2 N–H and O–H groups in total. The van der Waals surface area contributed by atoms with E-state index in [1.807, 2.05) is 0 Å². The zero-order valence-corrected chi connectivity index (χ0v) is 11.2. The molecular formula is C15H14N2O3. The summed E-state index contributed by atoms with van der Waals surface area (Å²) in [5.74, 6) is -1.43. The third kappa shape index (κ3) is 3.00. The lowest BCUT2D eigenvalue weighted by Gasteiger charge is -2.09. The molecule has 102 valence electrons. The summed E-state index contributed by atoms with van der Waals surface area (Å²) in [6.07, 6.45) is 1.54. The third-order valence-corrected chi connectivity index (χ3v) is 2.81. The molecule has 0 atom stereocenters. The van der Waals surface area contributed by atoms with E-state index in [1.54, 1.807) is 38.1 Å². The molecule has 0 aliphatic carbocycles. The van der Waals surface area contributed by atoms with Crippen molar-refractivity contribution >= 4 is 17.6 Å². The first kappa shape index (κ1) is 13.7. The minimum Gasteiger partial charge on any atom is -0.478 e. The fraction of sp³-hybridized carbons (Fsp3) is 0.133. The first-order valence-electron chi connectivity index (χ1n) is 6.05. The van der Waals surface area contributed by atoms with Crippen LogP contribution in [0.2, 0.25) is 0 Å². The molecule has 0 aliphatic heterocycles. The molecule has 5 nitrogen and oxygen atoms in total. The summed E-state index contributed by atoms with van der Waals surface area (Å²) in [5.41, 5.74) is 2.33. The summed E-state index contributed by atoms with van der Waals surface area (Å²) in [7, 11) is 0. The molecule has 0 fully saturated rings. The SMILES string of the molecule is Cc1ccc(NC(=O)c2ccnc(C)c2)c(C(=O)O)c1. The van der Waals surface area contributed by atoms with Crippen LogP contribution in [0, 0.1) is 13.8 Å². The molecule has 2 aromatic rings. The van der Waals surface area contributed by atoms with Crippen molar-refractivity contribution in [1.29, 1.82) is 0 Å². The number of rotatable bonds is 3. The fourth-order valence-corrected chi connectivity index (χ4v) is 1.83. The second-order valence-corrected chi connectivity index (χ2v) is 4.49. The third-order valence-electron chi connectivity index (χ3n) is 2.81. The quantitative estimate of drug-likeness (QED) is 0.898. The van der Waals surface area contributed by atoms with Crippen LogP contribution in [-0.2, 0) is 0 Å². The highest BCUT2D eigenvalue weighted by Crippen LogP contribution is 2.18. The van der Waals surface area contributed by atoms with Gasteiger partial charge in [-0.1, -0.05) is 11.6 Å². The number of pyridine rings is 1. The second kappa shape index (κ2) is 5.52. The van der Waals surface area contributed by atoms with Gasteiger partial charge in [0.05, 0.1) is 11.3 Å². The van der Waals surface area contributed by atoms with Gasteiger partial charge < -0.3 is 10.4 Å². The number of benzene rings is 1. The van der Waals surface area contributed by atoms with E-state index < -0.39 is 5.97 Å². The van der Waals surface area contributed by atoms with Gasteiger partial charge in [-0.2, -0.15) is 0 Å². The van der Waals surface area contributed by atoms with Crippen molar-refractivity contribution in [2.24, 2.45) is 0 Å². The van der Waals surface area contributed by atoms with Crippen molar-refractivity contribution in [3.05, 3.63) is 58.9 Å². The average molecular weight is 270 g/mol. The van der Waals surface area contributed by atoms with E-state index in [2.05, 4.69) is 10.3 Å². The van der Waals surface area contributed by atoms with Gasteiger partial charge in [0, 0.05) is 17.5 Å². The largest absolute Gasteiger partial charge is 0.478 e. The maximum atomic E-state index is 12.1. The Morgan fingerprint density at radius 3 is 2.55 bits per heavy atom. The van der Waals surface area contributed by atoms with Crippen molar-refractivity contribution in [2.45, 2.75) is 13.8 Å². The summed E-state index contributed by atoms with van der Waals surface area (Å²) in [4.78, 5) is 27.3. The van der Waals surface area contributed by atoms with Gasteiger partial charge in [-0.25, -0.2) is 4.79 Å². The van der Waals surface area contributed by atoms with Crippen LogP contribution in [0.3, 0.4) is 0 Å². The van der Waals surface area contributed by atoms with E-state index in [0.717, 1.165) is 11.3 Å². The number of anilines is 1. The molecule has 0 spiro atoms. The van der Waals surface area contributed by atoms with Crippen molar-refractivity contribution in [2.75, 3.05) is 5.32 Å². The molecule has 0 saturated heterocycles. The summed E-state index contributed by atoms with van der Waals surface area (Å²) < 4.78 is 0. The minimum atomic E-state index is -1.07. The molecule has 20 heavy (non-hydrogen) atoms. The molecule has 0 saturated carbocycles. The first-order chi connectivity index (χ1) is 9.47. The Morgan fingerprint density at radius 2 is 1.90 bits per heavy atom. The smallest absolute Gasteiger partial charge is 0.337 e. The summed E-state index contributed by atoms with van der Waals surface area (Å²) in [6, 6.07) is 8.08. The van der Waals surface area contributed by atoms with E-state index in [1.165, 1.54) is 12.3 Å². The number of nitrogens with one attached hydrogen (secondary N) is 1. The molecule has 1 heterocycles. The number of aromatic carboxylic acids is 1. The summed E-state index contributed by atoms with van der Waals surface area (Å²) >= 11 is 0. The van der Waals surface area contributed by atoms with E-state index >= 15 is 0 Å². The van der Waals surface area contributed by atoms with Gasteiger partial charge in [0.15, 0.2) is 0 Å². The van der Waals surface area contributed by atoms with Gasteiger partial charge >= 0.3 is 5.97 Å². The predicted molar refractivity (Wildman–Crippen MR) is 75.1 cm³/mol. The van der Waals surface area contributed by atoms with Crippen LogP contribution in [0.1, 0.15) is 32.0 Å². The van der Waals surface area contributed by atoms with Crippen molar-refractivity contribution in [3.63, 3.8) is 0 Å². The minimum absolute atomic E-state index is 0.0733. The van der Waals surface area contributed by atoms with E-state index in [-0.39, 0.29) is 17.2 Å². The Kier molecular flexibility index (Phi) is 3.79. The number of amides is 1. The monoisotopic (exact) mass is 270 g/mol. The molecule has 5 heteroatoms. The molecule has 1 aromatic carbocycles. The van der Waals surface area contributed by atoms with Crippen LogP contribution in [0.5, 0.6) is 0 Å². The highest BCUT2D eigenvalue weighted by atomic mass is 16.4. The Hall–Kier alpha value is -2.69. The van der Waals surface area contributed by atoms with Gasteiger partial charge in [-0.05, 0) is 38.1 Å². The van der Waals surface area contributed by atoms with Gasteiger partial charge in [0.2, 0.25) is 0 Å². The Morgan fingerprint density at radius 1 is 1.15 bits per heavy atom. The van der Waals surface area contributed by atoms with E-state index in [4.69, 9.17) is 5.11 Å². The Balaban J connectivity index is 2.30. The number of aromatic nitrogens is 1. The van der Waals surface area contributed by atoms with E-state index in [0.29, 0.717) is 5.56 Å². The number of hydrogen-bond donors (Lipinski definition) is 2. The van der Waals surface area contributed by atoms with Crippen LogP contribution in [0.15, 0.2) is 36.5 Å². The van der Waals surface area contributed by atoms with Crippen LogP contribution < -0.4 is 5.32 Å². The van der Waals surface area contributed by atoms with Crippen molar-refractivity contribution in [1.82, 2.24) is 4.98 Å². The van der Waals surface area contributed by atoms with Gasteiger partial charge in [0.1, 0.15) is 0 Å². The van der Waals surface area contributed by atoms with Crippen LogP contribution >= 0.6 is 0 Å². The maximum Gasteiger partial charge on any atom is 0.337 e.